The van der Waals surface area contributed by atoms with Crippen molar-refractivity contribution in [1.82, 2.24) is 0 Å². The molecule has 0 amide bonds. The van der Waals surface area contributed by atoms with Crippen LogP contribution in [0.3, 0.4) is 0 Å². The Labute approximate surface area is 83.5 Å². The van der Waals surface area contributed by atoms with E-state index in [4.69, 9.17) is 23.2 Å². The van der Waals surface area contributed by atoms with Gasteiger partial charge >= 0.3 is 0 Å². The van der Waals surface area contributed by atoms with E-state index in [1.165, 1.54) is 5.56 Å². The lowest BCUT2D eigenvalue weighted by Crippen LogP contribution is -1.93. The van der Waals surface area contributed by atoms with E-state index in [0.717, 1.165) is 5.56 Å². The summed E-state index contributed by atoms with van der Waals surface area (Å²) in [5.74, 6) is 0.427. The molecule has 0 aliphatic heterocycles. The van der Waals surface area contributed by atoms with Gasteiger partial charge in [0.15, 0.2) is 0 Å². The molecule has 1 aromatic carbocycles. The summed E-state index contributed by atoms with van der Waals surface area (Å²) in [6.45, 7) is 6.28. The quantitative estimate of drug-likeness (QED) is 0.633. The monoisotopic (exact) mass is 202 g/mol. The molecule has 0 saturated heterocycles. The Bertz CT molecular complexity index is 290. The fraction of sp³-hybridized carbons (Fsp3) is 0.400. The van der Waals surface area contributed by atoms with E-state index in [1.807, 2.05) is 12.1 Å². The van der Waals surface area contributed by atoms with E-state index >= 15 is 0 Å². The van der Waals surface area contributed by atoms with Crippen LogP contribution in [-0.2, 0) is 0 Å². The van der Waals surface area contributed by atoms with E-state index in [1.54, 1.807) is 0 Å². The smallest absolute Gasteiger partial charge is 0.0629 e. The first-order valence-electron chi connectivity index (χ1n) is 3.98. The molecular weight excluding hydrogens is 191 g/mol. The fourth-order valence-electron chi connectivity index (χ4n) is 1.37. The van der Waals surface area contributed by atoms with Crippen LogP contribution in [0.5, 0.6) is 0 Å². The predicted octanol–water partition coefficient (Wildman–Crippen LogP) is 4.43. The summed E-state index contributed by atoms with van der Waals surface area (Å²) in [6.07, 6.45) is 0. The van der Waals surface area contributed by atoms with Crippen molar-refractivity contribution >= 4 is 23.2 Å². The van der Waals surface area contributed by atoms with Crippen molar-refractivity contribution < 1.29 is 0 Å². The molecule has 0 atom stereocenters. The average molecular weight is 203 g/mol. The summed E-state index contributed by atoms with van der Waals surface area (Å²) in [4.78, 5) is 0. The lowest BCUT2D eigenvalue weighted by molar-refractivity contribution is 0.857. The van der Waals surface area contributed by atoms with Crippen LogP contribution in [0.2, 0.25) is 10.0 Å². The molecule has 0 heterocycles. The van der Waals surface area contributed by atoms with E-state index < -0.39 is 0 Å². The van der Waals surface area contributed by atoms with Gasteiger partial charge in [0.25, 0.3) is 0 Å². The van der Waals surface area contributed by atoms with Gasteiger partial charge in [-0.3, -0.25) is 0 Å². The SMILES string of the molecule is Cc1ccc(Cl)c(Cl)c1C(C)C. The van der Waals surface area contributed by atoms with Crippen LogP contribution in [0.4, 0.5) is 0 Å². The van der Waals surface area contributed by atoms with Crippen molar-refractivity contribution in [1.29, 1.82) is 0 Å². The minimum atomic E-state index is 0.427. The van der Waals surface area contributed by atoms with Gasteiger partial charge < -0.3 is 0 Å². The summed E-state index contributed by atoms with van der Waals surface area (Å²) in [6, 6.07) is 3.84. The lowest BCUT2D eigenvalue weighted by Gasteiger charge is -2.12. The zero-order valence-electron chi connectivity index (χ0n) is 7.49. The second-order valence-electron chi connectivity index (χ2n) is 3.25. The molecule has 1 rings (SSSR count). The molecule has 0 saturated carbocycles. The van der Waals surface area contributed by atoms with Crippen LogP contribution in [0, 0.1) is 6.92 Å². The molecular formula is C10H12Cl2. The van der Waals surface area contributed by atoms with Gasteiger partial charge in [-0.15, -0.1) is 0 Å². The molecule has 1 aromatic rings. The third-order valence-electron chi connectivity index (χ3n) is 1.93. The van der Waals surface area contributed by atoms with Gasteiger partial charge in [0.1, 0.15) is 0 Å². The second-order valence-corrected chi connectivity index (χ2v) is 4.03. The van der Waals surface area contributed by atoms with E-state index in [0.29, 0.717) is 16.0 Å². The minimum absolute atomic E-state index is 0.427. The van der Waals surface area contributed by atoms with Gasteiger partial charge in [0.2, 0.25) is 0 Å². The minimum Gasteiger partial charge on any atom is -0.0827 e. The highest BCUT2D eigenvalue weighted by molar-refractivity contribution is 6.42. The first-order chi connectivity index (χ1) is 5.54. The molecule has 0 unspecified atom stereocenters. The first-order valence-corrected chi connectivity index (χ1v) is 4.74. The number of hydrogen-bond acceptors (Lipinski definition) is 0. The molecule has 0 bridgehead atoms. The maximum absolute atomic E-state index is 6.06. The van der Waals surface area contributed by atoms with Crippen molar-refractivity contribution in [2.24, 2.45) is 0 Å². The third kappa shape index (κ3) is 1.75. The number of halogens is 2. The normalized spacial score (nSPS) is 10.8. The van der Waals surface area contributed by atoms with Crippen molar-refractivity contribution in [3.8, 4) is 0 Å². The van der Waals surface area contributed by atoms with Gasteiger partial charge in [0.05, 0.1) is 10.0 Å². The molecule has 66 valence electrons. The van der Waals surface area contributed by atoms with E-state index in [-0.39, 0.29) is 0 Å². The van der Waals surface area contributed by atoms with Crippen LogP contribution >= 0.6 is 23.2 Å². The summed E-state index contributed by atoms with van der Waals surface area (Å²) in [5, 5.41) is 1.35. The van der Waals surface area contributed by atoms with Crippen molar-refractivity contribution in [2.75, 3.05) is 0 Å². The molecule has 0 aliphatic rings. The maximum Gasteiger partial charge on any atom is 0.0629 e. The maximum atomic E-state index is 6.06. The van der Waals surface area contributed by atoms with Gasteiger partial charge in [-0.25, -0.2) is 0 Å². The Balaban J connectivity index is 3.33. The summed E-state index contributed by atoms with van der Waals surface area (Å²) < 4.78 is 0. The Hall–Kier alpha value is -0.200. The average Bonchev–Trinajstić information content (AvgIpc) is 1.97. The van der Waals surface area contributed by atoms with Crippen LogP contribution < -0.4 is 0 Å². The largest absolute Gasteiger partial charge is 0.0827 e. The van der Waals surface area contributed by atoms with Gasteiger partial charge in [0, 0.05) is 0 Å². The molecule has 0 spiro atoms. The highest BCUT2D eigenvalue weighted by Crippen LogP contribution is 2.33. The summed E-state index contributed by atoms with van der Waals surface area (Å²) in [5.41, 5.74) is 2.36. The third-order valence-corrected chi connectivity index (χ3v) is 2.75. The molecule has 2 heteroatoms. The zero-order chi connectivity index (χ0) is 9.30. The van der Waals surface area contributed by atoms with E-state index in [9.17, 15) is 0 Å². The molecule has 0 aromatic heterocycles. The Morgan fingerprint density at radius 3 is 2.17 bits per heavy atom. The molecule has 0 N–H and O–H groups in total. The highest BCUT2D eigenvalue weighted by Gasteiger charge is 2.10. The van der Waals surface area contributed by atoms with Crippen LogP contribution in [0.25, 0.3) is 0 Å². The summed E-state index contributed by atoms with van der Waals surface area (Å²) >= 11 is 12.0. The lowest BCUT2D eigenvalue weighted by atomic mass is 9.98. The fourth-order valence-corrected chi connectivity index (χ4v) is 1.97. The number of hydrogen-bond donors (Lipinski definition) is 0. The van der Waals surface area contributed by atoms with Gasteiger partial charge in [-0.2, -0.15) is 0 Å². The van der Waals surface area contributed by atoms with Crippen molar-refractivity contribution in [3.63, 3.8) is 0 Å². The Kier molecular flexibility index (Phi) is 3.03. The number of rotatable bonds is 1. The number of aryl methyl sites for hydroxylation is 1. The highest BCUT2D eigenvalue weighted by atomic mass is 35.5. The van der Waals surface area contributed by atoms with Crippen molar-refractivity contribution in [3.05, 3.63) is 33.3 Å². The number of benzene rings is 1. The van der Waals surface area contributed by atoms with Crippen LogP contribution in [0.15, 0.2) is 12.1 Å². The van der Waals surface area contributed by atoms with Crippen LogP contribution in [0.1, 0.15) is 30.9 Å². The molecule has 0 nitrogen and oxygen atoms in total. The molecule has 12 heavy (non-hydrogen) atoms. The topological polar surface area (TPSA) is 0 Å². The predicted molar refractivity (Wildman–Crippen MR) is 55.3 cm³/mol. The Morgan fingerprint density at radius 2 is 1.75 bits per heavy atom. The standard InChI is InChI=1S/C10H12Cl2/c1-6(2)9-7(3)4-5-8(11)10(9)12/h4-6H,1-3H3. The van der Waals surface area contributed by atoms with Gasteiger partial charge in [-0.05, 0) is 30.0 Å². The molecule has 0 radical (unpaired) electrons. The zero-order valence-corrected chi connectivity index (χ0v) is 9.00. The summed E-state index contributed by atoms with van der Waals surface area (Å²) in [7, 11) is 0. The Morgan fingerprint density at radius 1 is 1.17 bits per heavy atom. The van der Waals surface area contributed by atoms with Crippen LogP contribution in [-0.4, -0.2) is 0 Å². The molecule has 0 fully saturated rings. The van der Waals surface area contributed by atoms with Gasteiger partial charge in [-0.1, -0.05) is 43.1 Å². The second kappa shape index (κ2) is 3.68. The first kappa shape index (κ1) is 9.88. The van der Waals surface area contributed by atoms with Crippen molar-refractivity contribution in [2.45, 2.75) is 26.7 Å². The molecule has 0 aliphatic carbocycles. The van der Waals surface area contributed by atoms with E-state index in [2.05, 4.69) is 20.8 Å².